The van der Waals surface area contributed by atoms with Gasteiger partial charge >= 0.3 is 0 Å². The second-order valence-corrected chi connectivity index (χ2v) is 5.46. The molecule has 1 unspecified atom stereocenters. The molecule has 1 aliphatic heterocycles. The van der Waals surface area contributed by atoms with Crippen LogP contribution in [0.1, 0.15) is 12.0 Å². The van der Waals surface area contributed by atoms with E-state index in [0.717, 1.165) is 5.56 Å². The lowest BCUT2D eigenvalue weighted by Crippen LogP contribution is -2.38. The Bertz CT molecular complexity index is 530. The van der Waals surface area contributed by atoms with Crippen molar-refractivity contribution in [1.29, 1.82) is 0 Å². The lowest BCUT2D eigenvalue weighted by molar-refractivity contribution is -0.137. The van der Waals surface area contributed by atoms with Crippen LogP contribution in [0.5, 0.6) is 0 Å². The highest BCUT2D eigenvalue weighted by Gasteiger charge is 2.35. The molecule has 0 saturated carbocycles. The van der Waals surface area contributed by atoms with Crippen LogP contribution in [-0.2, 0) is 16.1 Å². The van der Waals surface area contributed by atoms with Gasteiger partial charge in [0, 0.05) is 32.6 Å². The van der Waals surface area contributed by atoms with E-state index < -0.39 is 0 Å². The number of carbonyl (C=O) groups is 2. The summed E-state index contributed by atoms with van der Waals surface area (Å²) in [5.74, 6) is -0.414. The predicted molar refractivity (Wildman–Crippen MR) is 83.8 cm³/mol. The fourth-order valence-electron chi connectivity index (χ4n) is 2.72. The van der Waals surface area contributed by atoms with Crippen molar-refractivity contribution in [2.45, 2.75) is 13.0 Å². The van der Waals surface area contributed by atoms with E-state index in [4.69, 9.17) is 0 Å². The third-order valence-corrected chi connectivity index (χ3v) is 3.81. The van der Waals surface area contributed by atoms with Crippen molar-refractivity contribution in [2.24, 2.45) is 5.92 Å². The second-order valence-electron chi connectivity index (χ2n) is 5.46. The summed E-state index contributed by atoms with van der Waals surface area (Å²) in [5.41, 5.74) is 1.01. The van der Waals surface area contributed by atoms with Crippen molar-refractivity contribution < 1.29 is 14.7 Å². The number of nitrogens with zero attached hydrogens (tertiary/aromatic N) is 2. The van der Waals surface area contributed by atoms with E-state index in [-0.39, 0.29) is 37.3 Å². The van der Waals surface area contributed by atoms with Crippen LogP contribution in [0.15, 0.2) is 43.0 Å². The highest BCUT2D eigenvalue weighted by molar-refractivity contribution is 5.89. The Kier molecular flexibility index (Phi) is 5.72. The molecule has 1 saturated heterocycles. The lowest BCUT2D eigenvalue weighted by Gasteiger charge is -2.25. The molecule has 1 fully saturated rings. The SMILES string of the molecule is C=CCN1CC(C(=O)N(CCO)Cc2ccccc2)CC1=O. The Morgan fingerprint density at radius 3 is 2.77 bits per heavy atom. The molecular formula is C17H22N2O3. The van der Waals surface area contributed by atoms with Crippen LogP contribution >= 0.6 is 0 Å². The molecule has 2 rings (SSSR count). The Labute approximate surface area is 130 Å². The van der Waals surface area contributed by atoms with Crippen LogP contribution in [-0.4, -0.2) is 53.0 Å². The van der Waals surface area contributed by atoms with E-state index in [1.807, 2.05) is 30.3 Å². The number of carbonyl (C=O) groups excluding carboxylic acids is 2. The molecule has 118 valence electrons. The predicted octanol–water partition coefficient (Wildman–Crippen LogP) is 1.04. The number of benzene rings is 1. The van der Waals surface area contributed by atoms with Crippen LogP contribution in [0.4, 0.5) is 0 Å². The maximum Gasteiger partial charge on any atom is 0.228 e. The van der Waals surface area contributed by atoms with Gasteiger partial charge in [0.05, 0.1) is 12.5 Å². The van der Waals surface area contributed by atoms with Gasteiger partial charge in [-0.15, -0.1) is 6.58 Å². The summed E-state index contributed by atoms with van der Waals surface area (Å²) in [7, 11) is 0. The average molecular weight is 302 g/mol. The summed E-state index contributed by atoms with van der Waals surface area (Å²) in [4.78, 5) is 27.8. The number of amides is 2. The van der Waals surface area contributed by atoms with E-state index in [0.29, 0.717) is 19.6 Å². The summed E-state index contributed by atoms with van der Waals surface area (Å²) >= 11 is 0. The second kappa shape index (κ2) is 7.75. The molecule has 1 atom stereocenters. The molecule has 22 heavy (non-hydrogen) atoms. The van der Waals surface area contributed by atoms with Crippen LogP contribution in [0.25, 0.3) is 0 Å². The number of rotatable bonds is 7. The fraction of sp³-hybridized carbons (Fsp3) is 0.412. The third kappa shape index (κ3) is 3.95. The summed E-state index contributed by atoms with van der Waals surface area (Å²) in [5, 5.41) is 9.21. The maximum atomic E-state index is 12.6. The molecule has 1 aromatic carbocycles. The van der Waals surface area contributed by atoms with Gasteiger partial charge in [-0.05, 0) is 5.56 Å². The highest BCUT2D eigenvalue weighted by atomic mass is 16.3. The Balaban J connectivity index is 2.03. The van der Waals surface area contributed by atoms with Crippen LogP contribution < -0.4 is 0 Å². The zero-order chi connectivity index (χ0) is 15.9. The van der Waals surface area contributed by atoms with E-state index in [9.17, 15) is 14.7 Å². The molecule has 1 aliphatic rings. The molecule has 0 radical (unpaired) electrons. The minimum atomic E-state index is -0.331. The minimum Gasteiger partial charge on any atom is -0.395 e. The summed E-state index contributed by atoms with van der Waals surface area (Å²) in [6.07, 6.45) is 1.91. The molecule has 0 spiro atoms. The van der Waals surface area contributed by atoms with Gasteiger partial charge in [0.25, 0.3) is 0 Å². The third-order valence-electron chi connectivity index (χ3n) is 3.81. The van der Waals surface area contributed by atoms with Crippen molar-refractivity contribution >= 4 is 11.8 Å². The van der Waals surface area contributed by atoms with Gasteiger partial charge in [-0.2, -0.15) is 0 Å². The number of hydrogen-bond donors (Lipinski definition) is 1. The number of likely N-dealkylation sites (tertiary alicyclic amines) is 1. The normalized spacial score (nSPS) is 17.6. The number of hydrogen-bond acceptors (Lipinski definition) is 3. The van der Waals surface area contributed by atoms with Crippen molar-refractivity contribution in [2.75, 3.05) is 26.2 Å². The van der Waals surface area contributed by atoms with Gasteiger partial charge in [-0.25, -0.2) is 0 Å². The maximum absolute atomic E-state index is 12.6. The molecule has 1 N–H and O–H groups in total. The Morgan fingerprint density at radius 2 is 2.14 bits per heavy atom. The van der Waals surface area contributed by atoms with E-state index in [1.54, 1.807) is 15.9 Å². The smallest absolute Gasteiger partial charge is 0.228 e. The number of aliphatic hydroxyl groups excluding tert-OH is 1. The molecule has 1 heterocycles. The zero-order valence-electron chi connectivity index (χ0n) is 12.6. The van der Waals surface area contributed by atoms with Crippen molar-refractivity contribution in [3.8, 4) is 0 Å². The van der Waals surface area contributed by atoms with Gasteiger partial charge in [0.15, 0.2) is 0 Å². The molecule has 0 aromatic heterocycles. The Hall–Kier alpha value is -2.14. The molecular weight excluding hydrogens is 280 g/mol. The minimum absolute atomic E-state index is 0.0121. The van der Waals surface area contributed by atoms with Gasteiger partial charge in [0.1, 0.15) is 0 Å². The molecule has 2 amide bonds. The van der Waals surface area contributed by atoms with Crippen molar-refractivity contribution in [3.63, 3.8) is 0 Å². The fourth-order valence-corrected chi connectivity index (χ4v) is 2.72. The van der Waals surface area contributed by atoms with Crippen LogP contribution in [0, 0.1) is 5.92 Å². The van der Waals surface area contributed by atoms with Gasteiger partial charge in [-0.3, -0.25) is 9.59 Å². The topological polar surface area (TPSA) is 60.9 Å². The zero-order valence-corrected chi connectivity index (χ0v) is 12.6. The molecule has 1 aromatic rings. The van der Waals surface area contributed by atoms with E-state index in [2.05, 4.69) is 6.58 Å². The molecule has 5 nitrogen and oxygen atoms in total. The quantitative estimate of drug-likeness (QED) is 0.766. The van der Waals surface area contributed by atoms with Crippen molar-refractivity contribution in [3.05, 3.63) is 48.6 Å². The first-order valence-corrected chi connectivity index (χ1v) is 7.48. The first kappa shape index (κ1) is 16.2. The largest absolute Gasteiger partial charge is 0.395 e. The van der Waals surface area contributed by atoms with Crippen LogP contribution in [0.2, 0.25) is 0 Å². The monoisotopic (exact) mass is 302 g/mol. The van der Waals surface area contributed by atoms with E-state index in [1.165, 1.54) is 0 Å². The van der Waals surface area contributed by atoms with Gasteiger partial charge in [-0.1, -0.05) is 36.4 Å². The summed E-state index contributed by atoms with van der Waals surface area (Å²) < 4.78 is 0. The summed E-state index contributed by atoms with van der Waals surface area (Å²) in [6.45, 7) is 5.17. The first-order chi connectivity index (χ1) is 10.7. The highest BCUT2D eigenvalue weighted by Crippen LogP contribution is 2.21. The average Bonchev–Trinajstić information content (AvgIpc) is 2.89. The molecule has 0 aliphatic carbocycles. The number of aliphatic hydroxyl groups is 1. The van der Waals surface area contributed by atoms with Gasteiger partial charge < -0.3 is 14.9 Å². The first-order valence-electron chi connectivity index (χ1n) is 7.48. The summed E-state index contributed by atoms with van der Waals surface area (Å²) in [6, 6.07) is 9.65. The van der Waals surface area contributed by atoms with E-state index >= 15 is 0 Å². The van der Waals surface area contributed by atoms with Gasteiger partial charge in [0.2, 0.25) is 11.8 Å². The lowest BCUT2D eigenvalue weighted by atomic mass is 10.1. The van der Waals surface area contributed by atoms with Crippen molar-refractivity contribution in [1.82, 2.24) is 9.80 Å². The Morgan fingerprint density at radius 1 is 1.41 bits per heavy atom. The molecule has 0 bridgehead atoms. The molecule has 5 heteroatoms. The standard InChI is InChI=1S/C17H22N2O3/c1-2-8-18-13-15(11-16(18)21)17(22)19(9-10-20)12-14-6-4-3-5-7-14/h2-7,15,20H,1,8-13H2. The van der Waals surface area contributed by atoms with Crippen LogP contribution in [0.3, 0.4) is 0 Å².